The molecule has 2 aromatic rings. The van der Waals surface area contributed by atoms with Crippen molar-refractivity contribution in [2.24, 2.45) is 5.92 Å². The van der Waals surface area contributed by atoms with Gasteiger partial charge in [-0.15, -0.1) is 0 Å². The summed E-state index contributed by atoms with van der Waals surface area (Å²) in [6.07, 6.45) is 2.78. The minimum atomic E-state index is 0.174. The van der Waals surface area contributed by atoms with Crippen LogP contribution in [0.25, 0.3) is 10.8 Å². The van der Waals surface area contributed by atoms with Gasteiger partial charge in [0, 0.05) is 18.5 Å². The van der Waals surface area contributed by atoms with Crippen molar-refractivity contribution >= 4 is 16.7 Å². The zero-order valence-electron chi connectivity index (χ0n) is 13.1. The molecule has 22 heavy (non-hydrogen) atoms. The Morgan fingerprint density at radius 3 is 2.86 bits per heavy atom. The van der Waals surface area contributed by atoms with E-state index in [1.807, 2.05) is 0 Å². The standard InChI is InChI=1S/C19H24N2O/c1-14-12-18(9-11-20-14)19(22)21-10-8-15-6-7-16-4-2-3-5-17(16)13-15/h2-7,13-14,18,20H,8-12H2,1H3,(H,21,22)/t14-,18-/m0/s1. The minimum Gasteiger partial charge on any atom is -0.356 e. The van der Waals surface area contributed by atoms with E-state index in [0.29, 0.717) is 6.04 Å². The molecule has 3 rings (SSSR count). The molecule has 2 atom stereocenters. The molecule has 2 aromatic carbocycles. The van der Waals surface area contributed by atoms with E-state index in [9.17, 15) is 4.79 Å². The summed E-state index contributed by atoms with van der Waals surface area (Å²) in [6.45, 7) is 3.81. The second-order valence-corrected chi connectivity index (χ2v) is 6.30. The zero-order chi connectivity index (χ0) is 15.4. The molecule has 116 valence electrons. The molecule has 0 spiro atoms. The van der Waals surface area contributed by atoms with E-state index in [1.54, 1.807) is 0 Å². The smallest absolute Gasteiger partial charge is 0.223 e. The fourth-order valence-electron chi connectivity index (χ4n) is 3.24. The van der Waals surface area contributed by atoms with Crippen molar-refractivity contribution in [3.05, 3.63) is 48.0 Å². The molecule has 0 radical (unpaired) electrons. The lowest BCUT2D eigenvalue weighted by Gasteiger charge is -2.27. The summed E-state index contributed by atoms with van der Waals surface area (Å²) in [5.74, 6) is 0.391. The van der Waals surface area contributed by atoms with Crippen molar-refractivity contribution in [3.63, 3.8) is 0 Å². The predicted molar refractivity (Wildman–Crippen MR) is 90.9 cm³/mol. The molecule has 3 nitrogen and oxygen atoms in total. The quantitative estimate of drug-likeness (QED) is 0.911. The van der Waals surface area contributed by atoms with Gasteiger partial charge in [0.15, 0.2) is 0 Å². The van der Waals surface area contributed by atoms with Crippen LogP contribution in [0.4, 0.5) is 0 Å². The summed E-state index contributed by atoms with van der Waals surface area (Å²) in [5.41, 5.74) is 1.28. The van der Waals surface area contributed by atoms with Crippen LogP contribution in [-0.4, -0.2) is 25.0 Å². The van der Waals surface area contributed by atoms with Crippen molar-refractivity contribution in [2.75, 3.05) is 13.1 Å². The number of benzene rings is 2. The second-order valence-electron chi connectivity index (χ2n) is 6.30. The topological polar surface area (TPSA) is 41.1 Å². The second kappa shape index (κ2) is 6.93. The molecule has 0 bridgehead atoms. The number of amides is 1. The van der Waals surface area contributed by atoms with Crippen molar-refractivity contribution in [2.45, 2.75) is 32.2 Å². The summed E-state index contributed by atoms with van der Waals surface area (Å²) in [6, 6.07) is 15.3. The number of hydrogen-bond acceptors (Lipinski definition) is 2. The molecule has 1 aliphatic rings. The van der Waals surface area contributed by atoms with Crippen molar-refractivity contribution in [3.8, 4) is 0 Å². The molecule has 1 fully saturated rings. The highest BCUT2D eigenvalue weighted by Gasteiger charge is 2.24. The fourth-order valence-corrected chi connectivity index (χ4v) is 3.24. The molecule has 1 amide bonds. The van der Waals surface area contributed by atoms with Crippen LogP contribution in [0, 0.1) is 5.92 Å². The molecular formula is C19H24N2O. The highest BCUT2D eigenvalue weighted by molar-refractivity contribution is 5.83. The van der Waals surface area contributed by atoms with Crippen LogP contribution in [0.1, 0.15) is 25.3 Å². The lowest BCUT2D eigenvalue weighted by Crippen LogP contribution is -2.42. The van der Waals surface area contributed by atoms with Crippen LogP contribution < -0.4 is 10.6 Å². The number of fused-ring (bicyclic) bond motifs is 1. The first kappa shape index (κ1) is 15.0. The number of nitrogens with one attached hydrogen (secondary N) is 2. The van der Waals surface area contributed by atoms with Crippen molar-refractivity contribution in [1.82, 2.24) is 10.6 Å². The maximum Gasteiger partial charge on any atom is 0.223 e. The average molecular weight is 296 g/mol. The Morgan fingerprint density at radius 1 is 1.23 bits per heavy atom. The lowest BCUT2D eigenvalue weighted by molar-refractivity contribution is -0.126. The van der Waals surface area contributed by atoms with E-state index in [4.69, 9.17) is 0 Å². The van der Waals surface area contributed by atoms with E-state index >= 15 is 0 Å². The zero-order valence-corrected chi connectivity index (χ0v) is 13.1. The van der Waals surface area contributed by atoms with Gasteiger partial charge in [-0.3, -0.25) is 4.79 Å². The minimum absolute atomic E-state index is 0.174. The molecule has 2 N–H and O–H groups in total. The Bertz CT molecular complexity index is 653. The normalized spacial score (nSPS) is 21.7. The van der Waals surface area contributed by atoms with E-state index in [0.717, 1.165) is 32.4 Å². The molecule has 1 heterocycles. The molecular weight excluding hydrogens is 272 g/mol. The molecule has 0 aromatic heterocycles. The highest BCUT2D eigenvalue weighted by Crippen LogP contribution is 2.17. The van der Waals surface area contributed by atoms with Gasteiger partial charge in [0.2, 0.25) is 5.91 Å². The van der Waals surface area contributed by atoms with Crippen LogP contribution in [0.2, 0.25) is 0 Å². The third kappa shape index (κ3) is 3.66. The largest absolute Gasteiger partial charge is 0.356 e. The summed E-state index contributed by atoms with van der Waals surface area (Å²) in [7, 11) is 0. The van der Waals surface area contributed by atoms with Gasteiger partial charge in [-0.25, -0.2) is 0 Å². The summed E-state index contributed by atoms with van der Waals surface area (Å²) < 4.78 is 0. The Morgan fingerprint density at radius 2 is 2.05 bits per heavy atom. The van der Waals surface area contributed by atoms with Crippen LogP contribution in [0.15, 0.2) is 42.5 Å². The molecule has 0 aliphatic carbocycles. The maximum absolute atomic E-state index is 12.2. The maximum atomic E-state index is 12.2. The Balaban J connectivity index is 1.52. The number of hydrogen-bond donors (Lipinski definition) is 2. The van der Waals surface area contributed by atoms with E-state index in [1.165, 1.54) is 16.3 Å². The van der Waals surface area contributed by atoms with Crippen molar-refractivity contribution in [1.29, 1.82) is 0 Å². The average Bonchev–Trinajstić information content (AvgIpc) is 2.54. The van der Waals surface area contributed by atoms with Crippen LogP contribution >= 0.6 is 0 Å². The number of carbonyl (C=O) groups is 1. The van der Waals surface area contributed by atoms with E-state index < -0.39 is 0 Å². The van der Waals surface area contributed by atoms with Crippen LogP contribution in [0.3, 0.4) is 0 Å². The highest BCUT2D eigenvalue weighted by atomic mass is 16.1. The predicted octanol–water partition coefficient (Wildman–Crippen LogP) is 2.89. The van der Waals surface area contributed by atoms with Gasteiger partial charge in [0.05, 0.1) is 0 Å². The van der Waals surface area contributed by atoms with Gasteiger partial charge in [-0.2, -0.15) is 0 Å². The number of carbonyl (C=O) groups excluding carboxylic acids is 1. The monoisotopic (exact) mass is 296 g/mol. The summed E-state index contributed by atoms with van der Waals surface area (Å²) in [5, 5.41) is 9.01. The van der Waals surface area contributed by atoms with Gasteiger partial charge in [0.25, 0.3) is 0 Å². The first-order valence-electron chi connectivity index (χ1n) is 8.21. The van der Waals surface area contributed by atoms with E-state index in [-0.39, 0.29) is 11.8 Å². The first-order chi connectivity index (χ1) is 10.7. The van der Waals surface area contributed by atoms with Gasteiger partial charge < -0.3 is 10.6 Å². The van der Waals surface area contributed by atoms with Gasteiger partial charge in [-0.05, 0) is 49.1 Å². The fraction of sp³-hybridized carbons (Fsp3) is 0.421. The molecule has 0 saturated carbocycles. The summed E-state index contributed by atoms with van der Waals surface area (Å²) in [4.78, 5) is 12.2. The lowest BCUT2D eigenvalue weighted by atomic mass is 9.92. The van der Waals surface area contributed by atoms with Gasteiger partial charge in [-0.1, -0.05) is 42.5 Å². The van der Waals surface area contributed by atoms with Crippen LogP contribution in [0.5, 0.6) is 0 Å². The summed E-state index contributed by atoms with van der Waals surface area (Å²) >= 11 is 0. The Kier molecular flexibility index (Phi) is 4.74. The van der Waals surface area contributed by atoms with Crippen molar-refractivity contribution < 1.29 is 4.79 Å². The number of piperidine rings is 1. The van der Waals surface area contributed by atoms with Crippen LogP contribution in [-0.2, 0) is 11.2 Å². The number of rotatable bonds is 4. The third-order valence-corrected chi connectivity index (χ3v) is 4.52. The third-order valence-electron chi connectivity index (χ3n) is 4.52. The Hall–Kier alpha value is -1.87. The molecule has 0 unspecified atom stereocenters. The molecule has 1 saturated heterocycles. The molecule has 3 heteroatoms. The molecule has 1 aliphatic heterocycles. The first-order valence-corrected chi connectivity index (χ1v) is 8.21. The SMILES string of the molecule is C[C@H]1C[C@@H](C(=O)NCCc2ccc3ccccc3c2)CCN1. The van der Waals surface area contributed by atoms with Gasteiger partial charge >= 0.3 is 0 Å². The van der Waals surface area contributed by atoms with E-state index in [2.05, 4.69) is 60.0 Å². The van der Waals surface area contributed by atoms with Gasteiger partial charge in [0.1, 0.15) is 0 Å². The Labute approximate surface area is 132 Å².